The SMILES string of the molecule is CCC(C)c1cc(Oc2c(C)cc(N3CC(=O)NC3=O)cc2C)ccc1OC. The Balaban J connectivity index is 1.91. The van der Waals surface area contributed by atoms with Crippen LogP contribution in [0.25, 0.3) is 0 Å². The Morgan fingerprint density at radius 2 is 1.82 bits per heavy atom. The molecule has 6 heteroatoms. The van der Waals surface area contributed by atoms with Crippen molar-refractivity contribution in [2.24, 2.45) is 0 Å². The molecule has 1 atom stereocenters. The maximum atomic E-state index is 11.9. The van der Waals surface area contributed by atoms with E-state index < -0.39 is 6.03 Å². The van der Waals surface area contributed by atoms with Gasteiger partial charge in [-0.1, -0.05) is 13.8 Å². The maximum Gasteiger partial charge on any atom is 0.329 e. The Bertz CT molecular complexity index is 900. The topological polar surface area (TPSA) is 67.9 Å². The van der Waals surface area contributed by atoms with Crippen molar-refractivity contribution in [3.63, 3.8) is 0 Å². The van der Waals surface area contributed by atoms with E-state index in [1.807, 2.05) is 44.2 Å². The van der Waals surface area contributed by atoms with Gasteiger partial charge in [0.05, 0.1) is 7.11 Å². The Morgan fingerprint density at radius 3 is 2.36 bits per heavy atom. The summed E-state index contributed by atoms with van der Waals surface area (Å²) < 4.78 is 11.7. The number of urea groups is 1. The average Bonchev–Trinajstić information content (AvgIpc) is 3.01. The van der Waals surface area contributed by atoms with Crippen molar-refractivity contribution >= 4 is 17.6 Å². The molecule has 2 aromatic carbocycles. The number of amides is 3. The minimum absolute atomic E-state index is 0.0364. The van der Waals surface area contributed by atoms with Gasteiger partial charge in [0.2, 0.25) is 5.91 Å². The quantitative estimate of drug-likeness (QED) is 0.737. The third-order valence-electron chi connectivity index (χ3n) is 5.11. The van der Waals surface area contributed by atoms with Crippen molar-refractivity contribution < 1.29 is 19.1 Å². The summed E-state index contributed by atoms with van der Waals surface area (Å²) in [6, 6.07) is 9.16. The summed E-state index contributed by atoms with van der Waals surface area (Å²) in [5, 5.41) is 2.30. The van der Waals surface area contributed by atoms with Gasteiger partial charge in [-0.05, 0) is 67.6 Å². The van der Waals surface area contributed by atoms with E-state index >= 15 is 0 Å². The van der Waals surface area contributed by atoms with Crippen LogP contribution in [0, 0.1) is 13.8 Å². The molecular weight excluding hydrogens is 356 g/mol. The lowest BCUT2D eigenvalue weighted by atomic mass is 9.97. The zero-order valence-corrected chi connectivity index (χ0v) is 17.0. The monoisotopic (exact) mass is 382 g/mol. The molecule has 1 unspecified atom stereocenters. The summed E-state index contributed by atoms with van der Waals surface area (Å²) in [5.41, 5.74) is 3.58. The van der Waals surface area contributed by atoms with Gasteiger partial charge < -0.3 is 9.47 Å². The van der Waals surface area contributed by atoms with Crippen LogP contribution in [-0.4, -0.2) is 25.6 Å². The Kier molecular flexibility index (Phi) is 5.58. The van der Waals surface area contributed by atoms with Gasteiger partial charge >= 0.3 is 6.03 Å². The van der Waals surface area contributed by atoms with Gasteiger partial charge in [0.1, 0.15) is 23.8 Å². The van der Waals surface area contributed by atoms with E-state index in [9.17, 15) is 9.59 Å². The Hall–Kier alpha value is -3.02. The summed E-state index contributed by atoms with van der Waals surface area (Å²) in [7, 11) is 1.67. The fourth-order valence-electron chi connectivity index (χ4n) is 3.39. The molecule has 6 nitrogen and oxygen atoms in total. The summed E-state index contributed by atoms with van der Waals surface area (Å²) in [6.07, 6.45) is 1.00. The lowest BCUT2D eigenvalue weighted by Crippen LogP contribution is -2.28. The van der Waals surface area contributed by atoms with Gasteiger partial charge in [0.25, 0.3) is 0 Å². The molecule has 0 aliphatic carbocycles. The van der Waals surface area contributed by atoms with E-state index in [4.69, 9.17) is 9.47 Å². The summed E-state index contributed by atoms with van der Waals surface area (Å²) in [4.78, 5) is 24.8. The van der Waals surface area contributed by atoms with E-state index in [-0.39, 0.29) is 12.5 Å². The highest BCUT2D eigenvalue weighted by atomic mass is 16.5. The number of hydrogen-bond acceptors (Lipinski definition) is 4. The zero-order valence-electron chi connectivity index (χ0n) is 17.0. The number of carbonyl (C=O) groups is 2. The molecule has 1 heterocycles. The predicted octanol–water partition coefficient (Wildman–Crippen LogP) is 4.67. The standard InChI is InChI=1S/C22H26N2O4/c1-6-13(2)18-11-17(7-8-19(18)27-5)28-21-14(3)9-16(10-15(21)4)24-12-20(25)23-22(24)26/h7-11,13H,6,12H2,1-5H3,(H,23,25,26). The summed E-state index contributed by atoms with van der Waals surface area (Å²) in [6.45, 7) is 8.20. The molecule has 1 saturated heterocycles. The van der Waals surface area contributed by atoms with E-state index in [2.05, 4.69) is 19.2 Å². The molecule has 0 saturated carbocycles. The van der Waals surface area contributed by atoms with Gasteiger partial charge in [-0.15, -0.1) is 0 Å². The Labute approximate surface area is 165 Å². The van der Waals surface area contributed by atoms with Gasteiger partial charge in [0, 0.05) is 11.3 Å². The number of rotatable bonds is 6. The molecule has 2 aromatic rings. The number of imide groups is 1. The molecule has 1 fully saturated rings. The largest absolute Gasteiger partial charge is 0.496 e. The van der Waals surface area contributed by atoms with Crippen LogP contribution in [0.2, 0.25) is 0 Å². The molecule has 0 bridgehead atoms. The molecule has 148 valence electrons. The first kappa shape index (κ1) is 19.7. The molecule has 0 spiro atoms. The van der Waals surface area contributed by atoms with Crippen LogP contribution in [0.1, 0.15) is 42.9 Å². The number of nitrogens with one attached hydrogen (secondary N) is 1. The normalized spacial score (nSPS) is 14.8. The van der Waals surface area contributed by atoms with Crippen molar-refractivity contribution in [2.45, 2.75) is 40.0 Å². The third kappa shape index (κ3) is 3.81. The van der Waals surface area contributed by atoms with E-state index in [1.54, 1.807) is 7.11 Å². The maximum absolute atomic E-state index is 11.9. The van der Waals surface area contributed by atoms with Gasteiger partial charge in [-0.3, -0.25) is 15.0 Å². The van der Waals surface area contributed by atoms with Crippen molar-refractivity contribution in [2.75, 3.05) is 18.6 Å². The third-order valence-corrected chi connectivity index (χ3v) is 5.11. The lowest BCUT2D eigenvalue weighted by molar-refractivity contribution is -0.117. The second kappa shape index (κ2) is 7.92. The smallest absolute Gasteiger partial charge is 0.329 e. The van der Waals surface area contributed by atoms with Crippen LogP contribution < -0.4 is 19.7 Å². The van der Waals surface area contributed by atoms with Crippen LogP contribution >= 0.6 is 0 Å². The van der Waals surface area contributed by atoms with Crippen LogP contribution in [0.15, 0.2) is 30.3 Å². The van der Waals surface area contributed by atoms with E-state index in [0.717, 1.165) is 40.4 Å². The number of benzene rings is 2. The van der Waals surface area contributed by atoms with E-state index in [0.29, 0.717) is 11.6 Å². The second-order valence-corrected chi connectivity index (χ2v) is 7.16. The Morgan fingerprint density at radius 1 is 1.14 bits per heavy atom. The van der Waals surface area contributed by atoms with Crippen molar-refractivity contribution in [1.82, 2.24) is 5.32 Å². The van der Waals surface area contributed by atoms with Gasteiger partial charge in [-0.25, -0.2) is 4.79 Å². The van der Waals surface area contributed by atoms with E-state index in [1.165, 1.54) is 4.90 Å². The first-order valence-electron chi connectivity index (χ1n) is 9.42. The lowest BCUT2D eigenvalue weighted by Gasteiger charge is -2.19. The molecule has 1 aliphatic heterocycles. The van der Waals surface area contributed by atoms with Gasteiger partial charge in [0.15, 0.2) is 0 Å². The van der Waals surface area contributed by atoms with Crippen LogP contribution in [0.3, 0.4) is 0 Å². The number of methoxy groups -OCH3 is 1. The van der Waals surface area contributed by atoms with Crippen LogP contribution in [-0.2, 0) is 4.79 Å². The van der Waals surface area contributed by atoms with Crippen molar-refractivity contribution in [3.05, 3.63) is 47.0 Å². The minimum Gasteiger partial charge on any atom is -0.496 e. The van der Waals surface area contributed by atoms with Crippen molar-refractivity contribution in [1.29, 1.82) is 0 Å². The summed E-state index contributed by atoms with van der Waals surface area (Å²) in [5.74, 6) is 2.40. The molecule has 1 N–H and O–H groups in total. The number of ether oxygens (including phenoxy) is 2. The first-order valence-corrected chi connectivity index (χ1v) is 9.42. The number of nitrogens with zero attached hydrogens (tertiary/aromatic N) is 1. The van der Waals surface area contributed by atoms with Crippen LogP contribution in [0.4, 0.5) is 10.5 Å². The first-order chi connectivity index (χ1) is 13.3. The molecule has 0 radical (unpaired) electrons. The zero-order chi connectivity index (χ0) is 20.4. The fourth-order valence-corrected chi connectivity index (χ4v) is 3.39. The number of aryl methyl sites for hydroxylation is 2. The highest BCUT2D eigenvalue weighted by Crippen LogP contribution is 2.37. The molecule has 1 aliphatic rings. The highest BCUT2D eigenvalue weighted by Gasteiger charge is 2.28. The number of carbonyl (C=O) groups excluding carboxylic acids is 2. The second-order valence-electron chi connectivity index (χ2n) is 7.16. The highest BCUT2D eigenvalue weighted by molar-refractivity contribution is 6.12. The molecule has 0 aromatic heterocycles. The van der Waals surface area contributed by atoms with Crippen LogP contribution in [0.5, 0.6) is 17.2 Å². The predicted molar refractivity (Wildman–Crippen MR) is 109 cm³/mol. The summed E-state index contributed by atoms with van der Waals surface area (Å²) >= 11 is 0. The fraction of sp³-hybridized carbons (Fsp3) is 0.364. The minimum atomic E-state index is -0.397. The number of anilines is 1. The molecule has 28 heavy (non-hydrogen) atoms. The molecular formula is C22H26N2O4. The average molecular weight is 382 g/mol. The van der Waals surface area contributed by atoms with Crippen molar-refractivity contribution in [3.8, 4) is 17.2 Å². The number of hydrogen-bond donors (Lipinski definition) is 1. The molecule has 3 amide bonds. The molecule has 3 rings (SSSR count). The van der Waals surface area contributed by atoms with Gasteiger partial charge in [-0.2, -0.15) is 0 Å².